The Morgan fingerprint density at radius 2 is 2.04 bits per heavy atom. The van der Waals surface area contributed by atoms with Crippen LogP contribution in [0.2, 0.25) is 0 Å². The number of fused-ring (bicyclic) bond motifs is 1. The van der Waals surface area contributed by atoms with Crippen LogP contribution in [0.5, 0.6) is 11.5 Å². The van der Waals surface area contributed by atoms with Gasteiger partial charge >= 0.3 is 0 Å². The average molecular weight is 368 g/mol. The van der Waals surface area contributed by atoms with Crippen molar-refractivity contribution in [3.05, 3.63) is 54.1 Å². The summed E-state index contributed by atoms with van der Waals surface area (Å²) < 4.78 is 11.5. The SMILES string of the molecule is CC(=O)N1CC(C(=O)NCCCOc2cccc(C)c2)Oc2ccccc21. The van der Waals surface area contributed by atoms with Gasteiger partial charge in [-0.3, -0.25) is 9.59 Å². The van der Waals surface area contributed by atoms with E-state index in [9.17, 15) is 9.59 Å². The van der Waals surface area contributed by atoms with Gasteiger partial charge in [0, 0.05) is 13.5 Å². The standard InChI is InChI=1S/C21H24N2O4/c1-15-7-5-8-17(13-15)26-12-6-11-22-21(25)20-14-23(16(2)24)18-9-3-4-10-19(18)27-20/h3-5,7-10,13,20H,6,11-12,14H2,1-2H3,(H,22,25). The predicted octanol–water partition coefficient (Wildman–Crippen LogP) is 2.69. The zero-order chi connectivity index (χ0) is 19.2. The second kappa shape index (κ2) is 8.58. The second-order valence-corrected chi connectivity index (χ2v) is 6.51. The van der Waals surface area contributed by atoms with Crippen LogP contribution < -0.4 is 19.7 Å². The number of carbonyl (C=O) groups excluding carboxylic acids is 2. The number of nitrogens with zero attached hydrogens (tertiary/aromatic N) is 1. The van der Waals surface area contributed by atoms with Crippen LogP contribution in [0.4, 0.5) is 5.69 Å². The molecule has 6 nitrogen and oxygen atoms in total. The van der Waals surface area contributed by atoms with E-state index in [1.165, 1.54) is 6.92 Å². The molecule has 6 heteroatoms. The Hall–Kier alpha value is -3.02. The van der Waals surface area contributed by atoms with E-state index in [4.69, 9.17) is 9.47 Å². The third-order valence-corrected chi connectivity index (χ3v) is 4.32. The number of carbonyl (C=O) groups is 2. The highest BCUT2D eigenvalue weighted by Gasteiger charge is 2.32. The molecule has 0 aromatic heterocycles. The van der Waals surface area contributed by atoms with Gasteiger partial charge in [-0.2, -0.15) is 0 Å². The Labute approximate surface area is 159 Å². The van der Waals surface area contributed by atoms with E-state index in [0.29, 0.717) is 31.0 Å². The molecule has 1 unspecified atom stereocenters. The van der Waals surface area contributed by atoms with Gasteiger partial charge in [0.05, 0.1) is 18.8 Å². The molecule has 2 amide bonds. The van der Waals surface area contributed by atoms with Gasteiger partial charge in [0.15, 0.2) is 6.10 Å². The first-order valence-corrected chi connectivity index (χ1v) is 9.05. The minimum absolute atomic E-state index is 0.116. The summed E-state index contributed by atoms with van der Waals surface area (Å²) in [5, 5.41) is 2.86. The maximum atomic E-state index is 12.4. The van der Waals surface area contributed by atoms with Gasteiger partial charge in [0.1, 0.15) is 11.5 Å². The van der Waals surface area contributed by atoms with Crippen LogP contribution in [-0.4, -0.2) is 37.6 Å². The van der Waals surface area contributed by atoms with Crippen molar-refractivity contribution < 1.29 is 19.1 Å². The summed E-state index contributed by atoms with van der Waals surface area (Å²) in [6, 6.07) is 15.1. The van der Waals surface area contributed by atoms with Crippen LogP contribution in [0.3, 0.4) is 0 Å². The number of aryl methyl sites for hydroxylation is 1. The Kier molecular flexibility index (Phi) is 5.96. The van der Waals surface area contributed by atoms with Crippen molar-refractivity contribution in [2.75, 3.05) is 24.6 Å². The number of amides is 2. The molecule has 3 rings (SSSR count). The lowest BCUT2D eigenvalue weighted by Crippen LogP contribution is -2.50. The van der Waals surface area contributed by atoms with Crippen molar-refractivity contribution in [2.45, 2.75) is 26.4 Å². The van der Waals surface area contributed by atoms with Crippen molar-refractivity contribution in [3.8, 4) is 11.5 Å². The van der Waals surface area contributed by atoms with Crippen LogP contribution in [0.15, 0.2) is 48.5 Å². The van der Waals surface area contributed by atoms with E-state index in [0.717, 1.165) is 11.3 Å². The van der Waals surface area contributed by atoms with E-state index >= 15 is 0 Å². The predicted molar refractivity (Wildman–Crippen MR) is 103 cm³/mol. The fraction of sp³-hybridized carbons (Fsp3) is 0.333. The Morgan fingerprint density at radius 1 is 1.22 bits per heavy atom. The van der Waals surface area contributed by atoms with Crippen LogP contribution in [0.25, 0.3) is 0 Å². The van der Waals surface area contributed by atoms with Crippen LogP contribution in [-0.2, 0) is 9.59 Å². The summed E-state index contributed by atoms with van der Waals surface area (Å²) in [5.74, 6) is 1.02. The number of benzene rings is 2. The summed E-state index contributed by atoms with van der Waals surface area (Å²) in [4.78, 5) is 25.9. The summed E-state index contributed by atoms with van der Waals surface area (Å²) in [6.07, 6.45) is -0.0409. The highest BCUT2D eigenvalue weighted by molar-refractivity contribution is 5.95. The van der Waals surface area contributed by atoms with Crippen molar-refractivity contribution >= 4 is 17.5 Å². The van der Waals surface area contributed by atoms with E-state index in [-0.39, 0.29) is 18.4 Å². The first kappa shape index (κ1) is 18.8. The molecule has 2 aromatic carbocycles. The Balaban J connectivity index is 1.48. The van der Waals surface area contributed by atoms with Crippen LogP contribution in [0.1, 0.15) is 18.9 Å². The van der Waals surface area contributed by atoms with Gasteiger partial charge in [0.2, 0.25) is 5.91 Å². The molecule has 1 aliphatic heterocycles. The summed E-state index contributed by atoms with van der Waals surface area (Å²) in [7, 11) is 0. The minimum Gasteiger partial charge on any atom is -0.494 e. The molecule has 1 atom stereocenters. The number of hydrogen-bond donors (Lipinski definition) is 1. The number of rotatable bonds is 6. The lowest BCUT2D eigenvalue weighted by molar-refractivity contribution is -0.128. The second-order valence-electron chi connectivity index (χ2n) is 6.51. The summed E-state index contributed by atoms with van der Waals surface area (Å²) >= 11 is 0. The molecule has 1 N–H and O–H groups in total. The quantitative estimate of drug-likeness (QED) is 0.796. The molecule has 1 heterocycles. The first-order valence-electron chi connectivity index (χ1n) is 9.05. The Bertz CT molecular complexity index is 821. The molecule has 27 heavy (non-hydrogen) atoms. The molecule has 0 saturated carbocycles. The van der Waals surface area contributed by atoms with Gasteiger partial charge in [-0.25, -0.2) is 0 Å². The van der Waals surface area contributed by atoms with Crippen LogP contribution >= 0.6 is 0 Å². The lowest BCUT2D eigenvalue weighted by atomic mass is 10.1. The van der Waals surface area contributed by atoms with E-state index in [1.807, 2.05) is 49.4 Å². The number of nitrogens with one attached hydrogen (secondary N) is 1. The molecule has 0 radical (unpaired) electrons. The highest BCUT2D eigenvalue weighted by atomic mass is 16.5. The largest absolute Gasteiger partial charge is 0.494 e. The summed E-state index contributed by atoms with van der Waals surface area (Å²) in [6.45, 7) is 4.70. The maximum Gasteiger partial charge on any atom is 0.262 e. The molecule has 0 saturated heterocycles. The van der Waals surface area contributed by atoms with Crippen molar-refractivity contribution in [3.63, 3.8) is 0 Å². The topological polar surface area (TPSA) is 67.9 Å². The van der Waals surface area contributed by atoms with E-state index in [1.54, 1.807) is 11.0 Å². The van der Waals surface area contributed by atoms with Gasteiger partial charge in [-0.1, -0.05) is 24.3 Å². The highest BCUT2D eigenvalue weighted by Crippen LogP contribution is 2.33. The lowest BCUT2D eigenvalue weighted by Gasteiger charge is -2.33. The molecule has 0 bridgehead atoms. The third kappa shape index (κ3) is 4.78. The zero-order valence-corrected chi connectivity index (χ0v) is 15.6. The smallest absolute Gasteiger partial charge is 0.262 e. The minimum atomic E-state index is -0.721. The molecule has 0 spiro atoms. The third-order valence-electron chi connectivity index (χ3n) is 4.32. The fourth-order valence-corrected chi connectivity index (χ4v) is 2.96. The number of para-hydroxylation sites is 2. The monoisotopic (exact) mass is 368 g/mol. The van der Waals surface area contributed by atoms with E-state index < -0.39 is 6.10 Å². The van der Waals surface area contributed by atoms with Gasteiger partial charge in [-0.15, -0.1) is 0 Å². The van der Waals surface area contributed by atoms with Crippen molar-refractivity contribution in [1.29, 1.82) is 0 Å². The molecule has 142 valence electrons. The van der Waals surface area contributed by atoms with Crippen LogP contribution in [0, 0.1) is 6.92 Å². The number of anilines is 1. The fourth-order valence-electron chi connectivity index (χ4n) is 2.96. The number of ether oxygens (including phenoxy) is 2. The van der Waals surface area contributed by atoms with Gasteiger partial charge in [-0.05, 0) is 43.2 Å². The average Bonchev–Trinajstić information content (AvgIpc) is 2.66. The molecule has 0 fully saturated rings. The van der Waals surface area contributed by atoms with Crippen molar-refractivity contribution in [2.24, 2.45) is 0 Å². The normalized spacial score (nSPS) is 15.5. The van der Waals surface area contributed by atoms with Gasteiger partial charge in [0.25, 0.3) is 5.91 Å². The van der Waals surface area contributed by atoms with Crippen molar-refractivity contribution in [1.82, 2.24) is 5.32 Å². The molecule has 1 aliphatic rings. The zero-order valence-electron chi connectivity index (χ0n) is 15.6. The molecule has 0 aliphatic carbocycles. The molecule has 2 aromatic rings. The Morgan fingerprint density at radius 3 is 2.81 bits per heavy atom. The molecular formula is C21H24N2O4. The number of hydrogen-bond acceptors (Lipinski definition) is 4. The molecular weight excluding hydrogens is 344 g/mol. The van der Waals surface area contributed by atoms with Gasteiger partial charge < -0.3 is 19.7 Å². The maximum absolute atomic E-state index is 12.4. The van der Waals surface area contributed by atoms with E-state index in [2.05, 4.69) is 5.32 Å². The summed E-state index contributed by atoms with van der Waals surface area (Å²) in [5.41, 5.74) is 1.84. The first-order chi connectivity index (χ1) is 13.0.